The Hall–Kier alpha value is -2.79. The standard InChI is InChI=1S/C28H30BrCl2N3O5S/c1-5-32-28(36)19(3)33(16-20-8-12-24(30)25(31)14-20)27(35)17-34(21-9-6-18(2)7-10-21)40(37,38)22-11-13-26(39-4)23(29)15-22/h6-15,19H,5,16-17H2,1-4H3,(H,32,36)/t19-/m0/s1. The van der Waals surface area contributed by atoms with Crippen LogP contribution in [0, 0.1) is 6.92 Å². The molecule has 0 fully saturated rings. The number of nitrogens with zero attached hydrogens (tertiary/aromatic N) is 2. The third-order valence-electron chi connectivity index (χ3n) is 6.17. The van der Waals surface area contributed by atoms with E-state index in [0.29, 0.717) is 38.1 Å². The van der Waals surface area contributed by atoms with E-state index in [-0.39, 0.29) is 17.3 Å². The van der Waals surface area contributed by atoms with Crippen LogP contribution >= 0.6 is 39.1 Å². The second-order valence-corrected chi connectivity index (χ2v) is 12.5. The third-order valence-corrected chi connectivity index (χ3v) is 9.30. The van der Waals surface area contributed by atoms with E-state index in [1.807, 2.05) is 6.92 Å². The summed E-state index contributed by atoms with van der Waals surface area (Å²) in [6.07, 6.45) is 0. The van der Waals surface area contributed by atoms with Crippen molar-refractivity contribution in [3.8, 4) is 5.75 Å². The van der Waals surface area contributed by atoms with Gasteiger partial charge in [-0.25, -0.2) is 8.42 Å². The third kappa shape index (κ3) is 7.48. The Balaban J connectivity index is 2.06. The molecule has 0 saturated carbocycles. The molecule has 0 saturated heterocycles. The monoisotopic (exact) mass is 669 g/mol. The van der Waals surface area contributed by atoms with Gasteiger partial charge < -0.3 is 15.0 Å². The lowest BCUT2D eigenvalue weighted by Gasteiger charge is -2.32. The molecule has 0 heterocycles. The van der Waals surface area contributed by atoms with Crippen LogP contribution in [0.2, 0.25) is 10.0 Å². The minimum Gasteiger partial charge on any atom is -0.496 e. The van der Waals surface area contributed by atoms with Crippen LogP contribution in [0.25, 0.3) is 0 Å². The van der Waals surface area contributed by atoms with Crippen molar-refractivity contribution in [1.29, 1.82) is 0 Å². The molecule has 3 aromatic carbocycles. The molecule has 2 amide bonds. The van der Waals surface area contributed by atoms with Gasteiger partial charge in [-0.2, -0.15) is 0 Å². The van der Waals surface area contributed by atoms with Gasteiger partial charge in [-0.1, -0.05) is 47.0 Å². The van der Waals surface area contributed by atoms with Gasteiger partial charge in [-0.05, 0) is 84.7 Å². The van der Waals surface area contributed by atoms with E-state index in [2.05, 4.69) is 21.2 Å². The van der Waals surface area contributed by atoms with E-state index in [4.69, 9.17) is 27.9 Å². The van der Waals surface area contributed by atoms with Crippen LogP contribution < -0.4 is 14.4 Å². The SMILES string of the molecule is CCNC(=O)[C@H](C)N(Cc1ccc(Cl)c(Cl)c1)C(=O)CN(c1ccc(C)cc1)S(=O)(=O)c1ccc(OC)c(Br)c1. The fraction of sp³-hybridized carbons (Fsp3) is 0.286. The Morgan fingerprint density at radius 1 is 1.02 bits per heavy atom. The number of hydrogen-bond acceptors (Lipinski definition) is 5. The normalized spacial score (nSPS) is 12.0. The highest BCUT2D eigenvalue weighted by atomic mass is 79.9. The summed E-state index contributed by atoms with van der Waals surface area (Å²) in [6.45, 7) is 5.06. The smallest absolute Gasteiger partial charge is 0.264 e. The predicted octanol–water partition coefficient (Wildman–Crippen LogP) is 5.82. The molecule has 0 aliphatic heterocycles. The Bertz CT molecular complexity index is 1490. The number of aryl methyl sites for hydroxylation is 1. The summed E-state index contributed by atoms with van der Waals surface area (Å²) in [5, 5.41) is 3.37. The van der Waals surface area contributed by atoms with Gasteiger partial charge in [0, 0.05) is 13.1 Å². The molecule has 0 unspecified atom stereocenters. The molecule has 1 atom stereocenters. The van der Waals surface area contributed by atoms with E-state index in [1.165, 1.54) is 30.2 Å². The molecule has 0 aromatic heterocycles. The Morgan fingerprint density at radius 3 is 2.27 bits per heavy atom. The maximum absolute atomic E-state index is 14.0. The molecule has 0 bridgehead atoms. The summed E-state index contributed by atoms with van der Waals surface area (Å²) in [7, 11) is -2.75. The lowest BCUT2D eigenvalue weighted by molar-refractivity contribution is -0.139. The van der Waals surface area contributed by atoms with Crippen molar-refractivity contribution in [2.24, 2.45) is 0 Å². The lowest BCUT2D eigenvalue weighted by Crippen LogP contribution is -2.51. The largest absolute Gasteiger partial charge is 0.496 e. The number of likely N-dealkylation sites (N-methyl/N-ethyl adjacent to an activating group) is 1. The molecule has 0 aliphatic rings. The summed E-state index contributed by atoms with van der Waals surface area (Å²) >= 11 is 15.6. The first-order valence-electron chi connectivity index (χ1n) is 12.3. The minimum atomic E-state index is -4.22. The van der Waals surface area contributed by atoms with E-state index in [0.717, 1.165) is 9.87 Å². The zero-order valence-electron chi connectivity index (χ0n) is 22.4. The summed E-state index contributed by atoms with van der Waals surface area (Å²) < 4.78 is 34.6. The number of carbonyl (C=O) groups is 2. The molecular formula is C28H30BrCl2N3O5S. The van der Waals surface area contributed by atoms with Gasteiger partial charge in [0.05, 0.1) is 32.2 Å². The topological polar surface area (TPSA) is 96.0 Å². The van der Waals surface area contributed by atoms with Crippen molar-refractivity contribution < 1.29 is 22.7 Å². The van der Waals surface area contributed by atoms with Crippen molar-refractivity contribution >= 4 is 66.7 Å². The number of nitrogens with one attached hydrogen (secondary N) is 1. The molecule has 40 heavy (non-hydrogen) atoms. The zero-order valence-corrected chi connectivity index (χ0v) is 26.4. The second-order valence-electron chi connectivity index (χ2n) is 8.98. The van der Waals surface area contributed by atoms with Crippen molar-refractivity contribution in [3.05, 3.63) is 86.3 Å². The van der Waals surface area contributed by atoms with Crippen LogP contribution in [0.1, 0.15) is 25.0 Å². The fourth-order valence-corrected chi connectivity index (χ4v) is 6.37. The van der Waals surface area contributed by atoms with Gasteiger partial charge in [0.15, 0.2) is 0 Å². The van der Waals surface area contributed by atoms with Crippen molar-refractivity contribution in [2.75, 3.05) is 24.5 Å². The fourth-order valence-electron chi connectivity index (χ4n) is 3.91. The first-order valence-corrected chi connectivity index (χ1v) is 15.3. The molecule has 0 spiro atoms. The Kier molecular flexibility index (Phi) is 10.9. The van der Waals surface area contributed by atoms with Crippen molar-refractivity contribution in [1.82, 2.24) is 10.2 Å². The van der Waals surface area contributed by atoms with E-state index < -0.39 is 28.5 Å². The number of methoxy groups -OCH3 is 1. The second kappa shape index (κ2) is 13.7. The molecule has 3 rings (SSSR count). The van der Waals surface area contributed by atoms with Crippen LogP contribution in [0.4, 0.5) is 5.69 Å². The molecule has 0 aliphatic carbocycles. The van der Waals surface area contributed by atoms with Crippen LogP contribution in [-0.2, 0) is 26.2 Å². The molecule has 214 valence electrons. The number of benzene rings is 3. The van der Waals surface area contributed by atoms with Gasteiger partial charge in [0.25, 0.3) is 10.0 Å². The van der Waals surface area contributed by atoms with Crippen LogP contribution in [0.5, 0.6) is 5.75 Å². The van der Waals surface area contributed by atoms with E-state index in [1.54, 1.807) is 56.3 Å². The zero-order chi connectivity index (χ0) is 29.6. The average molecular weight is 671 g/mol. The predicted molar refractivity (Wildman–Crippen MR) is 162 cm³/mol. The van der Waals surface area contributed by atoms with Gasteiger partial charge in [-0.15, -0.1) is 0 Å². The number of rotatable bonds is 11. The van der Waals surface area contributed by atoms with Gasteiger partial charge in [0.2, 0.25) is 11.8 Å². The number of hydrogen-bond donors (Lipinski definition) is 1. The summed E-state index contributed by atoms with van der Waals surface area (Å²) in [4.78, 5) is 28.0. The molecule has 3 aromatic rings. The first kappa shape index (κ1) is 31.7. The van der Waals surface area contributed by atoms with Crippen LogP contribution in [0.15, 0.2) is 70.0 Å². The summed E-state index contributed by atoms with van der Waals surface area (Å²) in [6, 6.07) is 15.2. The quantitative estimate of drug-likeness (QED) is 0.277. The van der Waals surface area contributed by atoms with Gasteiger partial charge in [-0.3, -0.25) is 13.9 Å². The Labute approximate surface area is 253 Å². The number of amides is 2. The Morgan fingerprint density at radius 2 is 1.70 bits per heavy atom. The number of sulfonamides is 1. The summed E-state index contributed by atoms with van der Waals surface area (Å²) in [5.41, 5.74) is 1.85. The highest BCUT2D eigenvalue weighted by Crippen LogP contribution is 2.31. The number of ether oxygens (including phenoxy) is 1. The van der Waals surface area contributed by atoms with E-state index >= 15 is 0 Å². The molecular weight excluding hydrogens is 641 g/mol. The maximum Gasteiger partial charge on any atom is 0.264 e. The highest BCUT2D eigenvalue weighted by Gasteiger charge is 2.32. The van der Waals surface area contributed by atoms with Crippen molar-refractivity contribution in [3.63, 3.8) is 0 Å². The molecule has 8 nitrogen and oxygen atoms in total. The molecule has 0 radical (unpaired) electrons. The molecule has 12 heteroatoms. The lowest BCUT2D eigenvalue weighted by atomic mass is 10.1. The van der Waals surface area contributed by atoms with E-state index in [9.17, 15) is 18.0 Å². The van der Waals surface area contributed by atoms with Crippen LogP contribution in [-0.4, -0.2) is 51.4 Å². The number of anilines is 1. The number of halogens is 3. The summed E-state index contributed by atoms with van der Waals surface area (Å²) in [5.74, 6) is -0.498. The van der Waals surface area contributed by atoms with Crippen LogP contribution in [0.3, 0.4) is 0 Å². The number of carbonyl (C=O) groups excluding carboxylic acids is 2. The first-order chi connectivity index (χ1) is 18.9. The van der Waals surface area contributed by atoms with Gasteiger partial charge >= 0.3 is 0 Å². The van der Waals surface area contributed by atoms with Crippen molar-refractivity contribution in [2.45, 2.75) is 38.3 Å². The maximum atomic E-state index is 14.0. The average Bonchev–Trinajstić information content (AvgIpc) is 2.92. The minimum absolute atomic E-state index is 0.00386. The highest BCUT2D eigenvalue weighted by molar-refractivity contribution is 9.10. The van der Waals surface area contributed by atoms with Gasteiger partial charge in [0.1, 0.15) is 18.3 Å². The molecule has 1 N–H and O–H groups in total.